The summed E-state index contributed by atoms with van der Waals surface area (Å²) in [5.41, 5.74) is 0.300. The Morgan fingerprint density at radius 3 is 2.58 bits per heavy atom. The molecule has 2 heterocycles. The fourth-order valence-electron chi connectivity index (χ4n) is 2.62. The average Bonchev–Trinajstić information content (AvgIpc) is 3.21. The Morgan fingerprint density at radius 2 is 1.96 bits per heavy atom. The molecular formula is C18H22N4O3S. The molecule has 0 spiro atoms. The minimum Gasteiger partial charge on any atom is -0.407 e. The van der Waals surface area contributed by atoms with Crippen molar-refractivity contribution in [3.63, 3.8) is 0 Å². The molecule has 1 atom stereocenters. The second-order valence-electron chi connectivity index (χ2n) is 7.25. The second-order valence-corrected chi connectivity index (χ2v) is 8.13. The van der Waals surface area contributed by atoms with E-state index in [0.29, 0.717) is 18.9 Å². The predicted molar refractivity (Wildman–Crippen MR) is 100 cm³/mol. The fraction of sp³-hybridized carbons (Fsp3) is 0.444. The number of thioether (sulfide) groups is 1. The number of amides is 2. The summed E-state index contributed by atoms with van der Waals surface area (Å²) in [7, 11) is 0. The van der Waals surface area contributed by atoms with Crippen molar-refractivity contribution in [1.82, 2.24) is 10.2 Å². The van der Waals surface area contributed by atoms with Crippen molar-refractivity contribution < 1.29 is 14.0 Å². The molecule has 1 aromatic heterocycles. The zero-order chi connectivity index (χ0) is 18.9. The number of nitrogens with one attached hydrogen (secondary N) is 1. The van der Waals surface area contributed by atoms with Crippen LogP contribution in [-0.4, -0.2) is 34.8 Å². The fourth-order valence-corrected chi connectivity index (χ4v) is 3.03. The second kappa shape index (κ2) is 7.11. The molecule has 1 unspecified atom stereocenters. The maximum absolute atomic E-state index is 12.4. The van der Waals surface area contributed by atoms with E-state index in [4.69, 9.17) is 4.42 Å². The Hall–Kier alpha value is -2.35. The van der Waals surface area contributed by atoms with Gasteiger partial charge in [0.1, 0.15) is 0 Å². The first-order valence-electron chi connectivity index (χ1n) is 8.37. The van der Waals surface area contributed by atoms with Gasteiger partial charge in [0.15, 0.2) is 0 Å². The third-order valence-electron chi connectivity index (χ3n) is 4.20. The van der Waals surface area contributed by atoms with Gasteiger partial charge in [-0.05, 0) is 30.5 Å². The van der Waals surface area contributed by atoms with E-state index in [2.05, 4.69) is 15.5 Å². The maximum atomic E-state index is 12.4. The summed E-state index contributed by atoms with van der Waals surface area (Å²) in [4.78, 5) is 27.3. The lowest BCUT2D eigenvalue weighted by Crippen LogP contribution is -2.27. The van der Waals surface area contributed by atoms with Crippen molar-refractivity contribution in [2.24, 2.45) is 5.41 Å². The van der Waals surface area contributed by atoms with Crippen LogP contribution in [0.1, 0.15) is 39.0 Å². The lowest BCUT2D eigenvalue weighted by molar-refractivity contribution is -0.123. The summed E-state index contributed by atoms with van der Waals surface area (Å²) in [6.07, 6.45) is 2.32. The SMILES string of the molecule is CSc1ccc(N2CC(c3nnc(NC(=O)C(C)(C)C)o3)CC2=O)cc1. The number of carbonyl (C=O) groups excluding carboxylic acids is 2. The summed E-state index contributed by atoms with van der Waals surface area (Å²) >= 11 is 1.66. The van der Waals surface area contributed by atoms with E-state index < -0.39 is 5.41 Å². The summed E-state index contributed by atoms with van der Waals surface area (Å²) in [6.45, 7) is 5.88. The Balaban J connectivity index is 1.69. The highest BCUT2D eigenvalue weighted by atomic mass is 32.2. The van der Waals surface area contributed by atoms with Crippen molar-refractivity contribution in [2.75, 3.05) is 23.0 Å². The maximum Gasteiger partial charge on any atom is 0.322 e. The molecule has 1 saturated heterocycles. The van der Waals surface area contributed by atoms with Gasteiger partial charge in [-0.25, -0.2) is 0 Å². The molecule has 0 saturated carbocycles. The Labute approximate surface area is 156 Å². The smallest absolute Gasteiger partial charge is 0.322 e. The number of aromatic nitrogens is 2. The minimum absolute atomic E-state index is 0.0189. The van der Waals surface area contributed by atoms with Crippen LogP contribution >= 0.6 is 11.8 Å². The van der Waals surface area contributed by atoms with Gasteiger partial charge in [0.05, 0.1) is 5.92 Å². The first-order chi connectivity index (χ1) is 12.3. The van der Waals surface area contributed by atoms with Crippen LogP contribution in [0.5, 0.6) is 0 Å². The van der Waals surface area contributed by atoms with Crippen molar-refractivity contribution >= 4 is 35.3 Å². The van der Waals surface area contributed by atoms with Gasteiger partial charge in [-0.3, -0.25) is 14.9 Å². The lowest BCUT2D eigenvalue weighted by atomic mass is 9.96. The van der Waals surface area contributed by atoms with Crippen LogP contribution in [0.4, 0.5) is 11.7 Å². The first kappa shape index (κ1) is 18.4. The van der Waals surface area contributed by atoms with Crippen LogP contribution in [0.3, 0.4) is 0 Å². The van der Waals surface area contributed by atoms with Crippen molar-refractivity contribution in [2.45, 2.75) is 38.0 Å². The number of hydrogen-bond acceptors (Lipinski definition) is 6. The van der Waals surface area contributed by atoms with E-state index in [1.165, 1.54) is 0 Å². The largest absolute Gasteiger partial charge is 0.407 e. The molecule has 2 aromatic rings. The highest BCUT2D eigenvalue weighted by molar-refractivity contribution is 7.98. The molecule has 3 rings (SSSR count). The molecule has 1 aliphatic rings. The van der Waals surface area contributed by atoms with Crippen LogP contribution in [0, 0.1) is 5.41 Å². The number of carbonyl (C=O) groups is 2. The van der Waals surface area contributed by atoms with E-state index in [1.54, 1.807) is 37.4 Å². The number of anilines is 2. The van der Waals surface area contributed by atoms with Gasteiger partial charge < -0.3 is 9.32 Å². The zero-order valence-corrected chi connectivity index (χ0v) is 16.1. The van der Waals surface area contributed by atoms with E-state index in [0.717, 1.165) is 10.6 Å². The van der Waals surface area contributed by atoms with Crippen molar-refractivity contribution in [1.29, 1.82) is 0 Å². The van der Waals surface area contributed by atoms with E-state index in [1.807, 2.05) is 30.5 Å². The molecule has 1 N–H and O–H groups in total. The summed E-state index contributed by atoms with van der Waals surface area (Å²) in [5, 5.41) is 10.5. The van der Waals surface area contributed by atoms with Gasteiger partial charge in [-0.15, -0.1) is 16.9 Å². The topological polar surface area (TPSA) is 88.3 Å². The first-order valence-corrected chi connectivity index (χ1v) is 9.59. The van der Waals surface area contributed by atoms with Crippen LogP contribution < -0.4 is 10.2 Å². The molecule has 0 radical (unpaired) electrons. The standard InChI is InChI=1S/C18H22N4O3S/c1-18(2,3)16(24)19-17-21-20-15(25-17)11-9-14(23)22(10-11)12-5-7-13(26-4)8-6-12/h5-8,11H,9-10H2,1-4H3,(H,19,21,24). The van der Waals surface area contributed by atoms with Gasteiger partial charge >= 0.3 is 6.01 Å². The zero-order valence-electron chi connectivity index (χ0n) is 15.3. The third kappa shape index (κ3) is 3.90. The molecule has 2 amide bonds. The predicted octanol–water partition coefficient (Wildman–Crippen LogP) is 3.30. The van der Waals surface area contributed by atoms with Gasteiger partial charge in [0.25, 0.3) is 0 Å². The lowest BCUT2D eigenvalue weighted by Gasteiger charge is -2.16. The molecule has 26 heavy (non-hydrogen) atoms. The van der Waals surface area contributed by atoms with Crippen LogP contribution in [-0.2, 0) is 9.59 Å². The number of nitrogens with zero attached hydrogens (tertiary/aromatic N) is 3. The molecule has 1 fully saturated rings. The summed E-state index contributed by atoms with van der Waals surface area (Å²) in [5.74, 6) is -0.00241. The van der Waals surface area contributed by atoms with Gasteiger partial charge in [0.2, 0.25) is 17.7 Å². The van der Waals surface area contributed by atoms with Crippen molar-refractivity contribution in [3.8, 4) is 0 Å². The number of rotatable bonds is 4. The van der Waals surface area contributed by atoms with E-state index in [-0.39, 0.29) is 23.7 Å². The summed E-state index contributed by atoms with van der Waals surface area (Å²) in [6, 6.07) is 7.93. The Kier molecular flexibility index (Phi) is 5.04. The van der Waals surface area contributed by atoms with Crippen LogP contribution in [0.25, 0.3) is 0 Å². The van der Waals surface area contributed by atoms with Crippen LogP contribution in [0.15, 0.2) is 33.6 Å². The van der Waals surface area contributed by atoms with Crippen LogP contribution in [0.2, 0.25) is 0 Å². The molecular weight excluding hydrogens is 352 g/mol. The minimum atomic E-state index is -0.558. The number of benzene rings is 1. The van der Waals surface area contributed by atoms with Crippen molar-refractivity contribution in [3.05, 3.63) is 30.2 Å². The molecule has 1 aromatic carbocycles. The molecule has 7 nitrogen and oxygen atoms in total. The molecule has 0 bridgehead atoms. The number of hydrogen-bond donors (Lipinski definition) is 1. The third-order valence-corrected chi connectivity index (χ3v) is 4.94. The highest BCUT2D eigenvalue weighted by Gasteiger charge is 2.35. The Bertz CT molecular complexity index is 811. The van der Waals surface area contributed by atoms with E-state index >= 15 is 0 Å². The van der Waals surface area contributed by atoms with Gasteiger partial charge in [-0.1, -0.05) is 25.9 Å². The average molecular weight is 374 g/mol. The van der Waals surface area contributed by atoms with Gasteiger partial charge in [-0.2, -0.15) is 0 Å². The monoisotopic (exact) mass is 374 g/mol. The highest BCUT2D eigenvalue weighted by Crippen LogP contribution is 2.32. The summed E-state index contributed by atoms with van der Waals surface area (Å²) < 4.78 is 5.57. The molecule has 8 heteroatoms. The molecule has 0 aliphatic carbocycles. The van der Waals surface area contributed by atoms with E-state index in [9.17, 15) is 9.59 Å². The quantitative estimate of drug-likeness (QED) is 0.826. The van der Waals surface area contributed by atoms with Gasteiger partial charge in [0, 0.05) is 29.0 Å². The normalized spacial score (nSPS) is 17.6. The molecule has 138 valence electrons. The molecule has 1 aliphatic heterocycles. The Morgan fingerprint density at radius 1 is 1.27 bits per heavy atom.